The molecule has 2 N–H and O–H groups in total. The Labute approximate surface area is 86.3 Å². The summed E-state index contributed by atoms with van der Waals surface area (Å²) in [6.45, 7) is 3.09. The highest BCUT2D eigenvalue weighted by Crippen LogP contribution is 2.42. The molecule has 0 radical (unpaired) electrons. The minimum atomic E-state index is 0.748. The second-order valence-corrected chi connectivity index (χ2v) is 4.41. The molecule has 0 amide bonds. The summed E-state index contributed by atoms with van der Waals surface area (Å²) in [6, 6.07) is 8.99. The van der Waals surface area contributed by atoms with Gasteiger partial charge in [-0.2, -0.15) is 0 Å². The van der Waals surface area contributed by atoms with E-state index in [9.17, 15) is 0 Å². The van der Waals surface area contributed by atoms with Crippen molar-refractivity contribution < 1.29 is 0 Å². The molecule has 1 unspecified atom stereocenters. The van der Waals surface area contributed by atoms with Crippen LogP contribution in [0.25, 0.3) is 0 Å². The Kier molecular flexibility index (Phi) is 2.87. The van der Waals surface area contributed by atoms with Crippen molar-refractivity contribution in [2.75, 3.05) is 6.54 Å². The van der Waals surface area contributed by atoms with Gasteiger partial charge in [-0.3, -0.25) is 0 Å². The Bertz CT molecular complexity index is 285. The molecular weight excluding hydrogens is 170 g/mol. The molecule has 1 aromatic carbocycles. The van der Waals surface area contributed by atoms with Gasteiger partial charge in [-0.25, -0.2) is 0 Å². The molecule has 76 valence electrons. The molecule has 1 saturated carbocycles. The summed E-state index contributed by atoms with van der Waals surface area (Å²) in [5, 5.41) is 0. The van der Waals surface area contributed by atoms with Gasteiger partial charge < -0.3 is 5.73 Å². The fourth-order valence-electron chi connectivity index (χ4n) is 2.02. The number of nitrogens with two attached hydrogens (primary N) is 1. The van der Waals surface area contributed by atoms with Crippen LogP contribution in [0.3, 0.4) is 0 Å². The van der Waals surface area contributed by atoms with Crippen molar-refractivity contribution in [3.63, 3.8) is 0 Å². The first-order valence-corrected chi connectivity index (χ1v) is 5.60. The lowest BCUT2D eigenvalue weighted by Gasteiger charge is -2.10. The van der Waals surface area contributed by atoms with Gasteiger partial charge in [-0.1, -0.05) is 31.2 Å². The Morgan fingerprint density at radius 2 is 1.93 bits per heavy atom. The molecule has 0 spiro atoms. The van der Waals surface area contributed by atoms with E-state index in [1.54, 1.807) is 0 Å². The number of hydrogen-bond acceptors (Lipinski definition) is 1. The molecule has 1 nitrogen and oxygen atoms in total. The lowest BCUT2D eigenvalue weighted by Crippen LogP contribution is -2.03. The minimum Gasteiger partial charge on any atom is -0.330 e. The molecule has 0 bridgehead atoms. The molecule has 0 heterocycles. The maximum Gasteiger partial charge on any atom is -0.00367 e. The van der Waals surface area contributed by atoms with Gasteiger partial charge in [-0.05, 0) is 48.8 Å². The van der Waals surface area contributed by atoms with E-state index in [1.165, 1.54) is 24.0 Å². The first-order valence-electron chi connectivity index (χ1n) is 5.60. The second kappa shape index (κ2) is 4.14. The predicted molar refractivity (Wildman–Crippen MR) is 60.3 cm³/mol. The van der Waals surface area contributed by atoms with Gasteiger partial charge >= 0.3 is 0 Å². The maximum absolute atomic E-state index is 5.52. The summed E-state index contributed by atoms with van der Waals surface area (Å²) in [5.74, 6) is 1.71. The Hall–Kier alpha value is -0.820. The van der Waals surface area contributed by atoms with E-state index in [4.69, 9.17) is 5.73 Å². The Balaban J connectivity index is 2.04. The van der Waals surface area contributed by atoms with Crippen LogP contribution in [0.2, 0.25) is 0 Å². The maximum atomic E-state index is 5.52. The van der Waals surface area contributed by atoms with Gasteiger partial charge in [0.2, 0.25) is 0 Å². The van der Waals surface area contributed by atoms with Crippen LogP contribution in [0.4, 0.5) is 0 Å². The molecule has 1 aromatic rings. The molecule has 0 saturated heterocycles. The lowest BCUT2D eigenvalue weighted by molar-refractivity contribution is 0.663. The topological polar surface area (TPSA) is 26.0 Å². The van der Waals surface area contributed by atoms with Gasteiger partial charge in [0.25, 0.3) is 0 Å². The fraction of sp³-hybridized carbons (Fsp3) is 0.538. The van der Waals surface area contributed by atoms with Crippen LogP contribution in [-0.4, -0.2) is 6.54 Å². The zero-order valence-corrected chi connectivity index (χ0v) is 8.87. The van der Waals surface area contributed by atoms with E-state index < -0.39 is 0 Å². The third kappa shape index (κ3) is 2.16. The van der Waals surface area contributed by atoms with Gasteiger partial charge in [0.15, 0.2) is 0 Å². The Morgan fingerprint density at radius 3 is 2.43 bits per heavy atom. The summed E-state index contributed by atoms with van der Waals surface area (Å²) in [6.07, 6.45) is 3.84. The van der Waals surface area contributed by atoms with E-state index in [-0.39, 0.29) is 0 Å². The number of rotatable bonds is 4. The van der Waals surface area contributed by atoms with Crippen LogP contribution < -0.4 is 5.73 Å². The molecule has 1 fully saturated rings. The van der Waals surface area contributed by atoms with Crippen LogP contribution >= 0.6 is 0 Å². The fourth-order valence-corrected chi connectivity index (χ4v) is 2.02. The standard InChI is InChI=1S/C13H19N/c1-10(13-6-7-13)12-4-2-11(3-5-12)8-9-14/h2-5,10,13H,6-9,14H2,1H3. The SMILES string of the molecule is CC(c1ccc(CCN)cc1)C1CC1. The monoisotopic (exact) mass is 189 g/mol. The van der Waals surface area contributed by atoms with Gasteiger partial charge in [0.1, 0.15) is 0 Å². The summed E-state index contributed by atoms with van der Waals surface area (Å²) in [4.78, 5) is 0. The predicted octanol–water partition coefficient (Wildman–Crippen LogP) is 2.70. The molecule has 0 aromatic heterocycles. The van der Waals surface area contributed by atoms with Crippen molar-refractivity contribution in [1.29, 1.82) is 0 Å². The number of hydrogen-bond donors (Lipinski definition) is 1. The highest BCUT2D eigenvalue weighted by Gasteiger charge is 2.28. The van der Waals surface area contributed by atoms with Gasteiger partial charge in [0, 0.05) is 0 Å². The van der Waals surface area contributed by atoms with E-state index in [0.29, 0.717) is 0 Å². The van der Waals surface area contributed by atoms with E-state index in [0.717, 1.165) is 24.8 Å². The van der Waals surface area contributed by atoms with E-state index in [2.05, 4.69) is 31.2 Å². The first-order chi connectivity index (χ1) is 6.81. The molecule has 1 aliphatic rings. The summed E-state index contributed by atoms with van der Waals surface area (Å²) in [7, 11) is 0. The third-order valence-electron chi connectivity index (χ3n) is 3.27. The van der Waals surface area contributed by atoms with Crippen molar-refractivity contribution in [2.45, 2.75) is 32.1 Å². The second-order valence-electron chi connectivity index (χ2n) is 4.41. The number of benzene rings is 1. The highest BCUT2D eigenvalue weighted by molar-refractivity contribution is 5.26. The van der Waals surface area contributed by atoms with Crippen LogP contribution in [0.15, 0.2) is 24.3 Å². The van der Waals surface area contributed by atoms with Crippen molar-refractivity contribution in [3.8, 4) is 0 Å². The molecule has 0 aliphatic heterocycles. The quantitative estimate of drug-likeness (QED) is 0.774. The van der Waals surface area contributed by atoms with Crippen LogP contribution in [0, 0.1) is 5.92 Å². The largest absolute Gasteiger partial charge is 0.330 e. The summed E-state index contributed by atoms with van der Waals surface area (Å²) in [5.41, 5.74) is 8.37. The first kappa shape index (κ1) is 9.72. The van der Waals surface area contributed by atoms with Gasteiger partial charge in [0.05, 0.1) is 0 Å². The normalized spacial score (nSPS) is 18.1. The molecule has 14 heavy (non-hydrogen) atoms. The van der Waals surface area contributed by atoms with Crippen LogP contribution in [0.5, 0.6) is 0 Å². The molecule has 1 aliphatic carbocycles. The lowest BCUT2D eigenvalue weighted by atomic mass is 9.95. The van der Waals surface area contributed by atoms with Crippen molar-refractivity contribution in [3.05, 3.63) is 35.4 Å². The van der Waals surface area contributed by atoms with Crippen LogP contribution in [0.1, 0.15) is 36.8 Å². The highest BCUT2D eigenvalue weighted by atomic mass is 14.5. The molecule has 2 rings (SSSR count). The minimum absolute atomic E-state index is 0.748. The van der Waals surface area contributed by atoms with Crippen molar-refractivity contribution >= 4 is 0 Å². The molecule has 1 atom stereocenters. The molecular formula is C13H19N. The van der Waals surface area contributed by atoms with Crippen LogP contribution in [-0.2, 0) is 6.42 Å². The van der Waals surface area contributed by atoms with Crippen molar-refractivity contribution in [1.82, 2.24) is 0 Å². The third-order valence-corrected chi connectivity index (χ3v) is 3.27. The van der Waals surface area contributed by atoms with Gasteiger partial charge in [-0.15, -0.1) is 0 Å². The van der Waals surface area contributed by atoms with Crippen molar-refractivity contribution in [2.24, 2.45) is 11.7 Å². The Morgan fingerprint density at radius 1 is 1.29 bits per heavy atom. The zero-order valence-electron chi connectivity index (χ0n) is 8.87. The average molecular weight is 189 g/mol. The smallest absolute Gasteiger partial charge is 0.00367 e. The van der Waals surface area contributed by atoms with E-state index >= 15 is 0 Å². The van der Waals surface area contributed by atoms with E-state index in [1.807, 2.05) is 0 Å². The average Bonchev–Trinajstić information content (AvgIpc) is 3.02. The summed E-state index contributed by atoms with van der Waals surface area (Å²) < 4.78 is 0. The summed E-state index contributed by atoms with van der Waals surface area (Å²) >= 11 is 0. The zero-order chi connectivity index (χ0) is 9.97. The molecule has 1 heteroatoms.